The lowest BCUT2D eigenvalue weighted by molar-refractivity contribution is 0.137. The van der Waals surface area contributed by atoms with Crippen LogP contribution in [0.1, 0.15) is 13.8 Å². The molecule has 12 heavy (non-hydrogen) atoms. The van der Waals surface area contributed by atoms with E-state index < -0.39 is 0 Å². The predicted molar refractivity (Wildman–Crippen MR) is 45.1 cm³/mol. The molecule has 1 N–H and O–H groups in total. The van der Waals surface area contributed by atoms with E-state index >= 15 is 0 Å². The minimum absolute atomic E-state index is 0.179. The van der Waals surface area contributed by atoms with Crippen LogP contribution in [-0.2, 0) is 9.31 Å². The van der Waals surface area contributed by atoms with Crippen LogP contribution in [0.2, 0.25) is 0 Å². The van der Waals surface area contributed by atoms with Crippen molar-refractivity contribution in [1.82, 2.24) is 10.2 Å². The summed E-state index contributed by atoms with van der Waals surface area (Å²) in [6, 6.07) is 0. The average Bonchev–Trinajstić information content (AvgIpc) is 2.55. The van der Waals surface area contributed by atoms with Crippen molar-refractivity contribution in [1.29, 1.82) is 0 Å². The molecule has 0 saturated carbocycles. The maximum atomic E-state index is 5.61. The van der Waals surface area contributed by atoms with Gasteiger partial charge < -0.3 is 9.31 Å². The molecule has 1 aromatic heterocycles. The lowest BCUT2D eigenvalue weighted by atomic mass is 9.82. The van der Waals surface area contributed by atoms with Crippen molar-refractivity contribution < 1.29 is 9.31 Å². The molecule has 0 radical (unpaired) electrons. The normalized spacial score (nSPS) is 21.7. The first-order valence-electron chi connectivity index (χ1n) is 3.95. The summed E-state index contributed by atoms with van der Waals surface area (Å²) in [6.45, 7) is 4.64. The number of hydrogen-bond acceptors (Lipinski definition) is 3. The summed E-state index contributed by atoms with van der Waals surface area (Å²) in [5.41, 5.74) is 0.766. The van der Waals surface area contributed by atoms with Crippen LogP contribution in [0.4, 0.5) is 0 Å². The van der Waals surface area contributed by atoms with Crippen molar-refractivity contribution in [3.63, 3.8) is 0 Å². The maximum Gasteiger partial charge on any atom is 0.497 e. The van der Waals surface area contributed by atoms with Crippen LogP contribution in [0.5, 0.6) is 0 Å². The zero-order valence-electron chi connectivity index (χ0n) is 7.20. The van der Waals surface area contributed by atoms with Crippen molar-refractivity contribution >= 4 is 12.6 Å². The molecule has 0 aliphatic carbocycles. The fourth-order valence-electron chi connectivity index (χ4n) is 1.19. The van der Waals surface area contributed by atoms with E-state index in [0.29, 0.717) is 6.61 Å². The highest BCUT2D eigenvalue weighted by Gasteiger charge is 2.38. The minimum atomic E-state index is -0.251. The SMILES string of the molecule is CC1(C)COB(c2cn[nH]c2)O1. The number of aromatic nitrogens is 2. The van der Waals surface area contributed by atoms with E-state index in [2.05, 4.69) is 10.2 Å². The summed E-state index contributed by atoms with van der Waals surface area (Å²) in [6.07, 6.45) is 3.50. The van der Waals surface area contributed by atoms with Crippen LogP contribution >= 0.6 is 0 Å². The summed E-state index contributed by atoms with van der Waals surface area (Å²) in [7, 11) is -0.251. The number of H-pyrrole nitrogens is 1. The molecule has 2 rings (SSSR count). The zero-order valence-corrected chi connectivity index (χ0v) is 7.20. The van der Waals surface area contributed by atoms with E-state index in [1.165, 1.54) is 0 Å². The van der Waals surface area contributed by atoms with Crippen molar-refractivity contribution in [2.75, 3.05) is 6.61 Å². The Morgan fingerprint density at radius 1 is 1.67 bits per heavy atom. The van der Waals surface area contributed by atoms with E-state index in [1.54, 1.807) is 12.4 Å². The van der Waals surface area contributed by atoms with Gasteiger partial charge in [-0.05, 0) is 13.8 Å². The molecule has 1 aliphatic heterocycles. The molecule has 1 saturated heterocycles. The van der Waals surface area contributed by atoms with Gasteiger partial charge in [0.25, 0.3) is 0 Å². The molecule has 1 fully saturated rings. The first kappa shape index (κ1) is 7.82. The largest absolute Gasteiger partial charge is 0.497 e. The summed E-state index contributed by atoms with van der Waals surface area (Å²) < 4.78 is 11.0. The maximum absolute atomic E-state index is 5.61. The molecular weight excluding hydrogens is 155 g/mol. The van der Waals surface area contributed by atoms with Crippen molar-refractivity contribution in [2.45, 2.75) is 19.4 Å². The van der Waals surface area contributed by atoms with Gasteiger partial charge in [-0.2, -0.15) is 5.10 Å². The standard InChI is InChI=1S/C7H11BN2O2/c1-7(2)5-11-8(12-7)6-3-9-10-4-6/h3-4H,5H2,1-2H3,(H,9,10). The highest BCUT2D eigenvalue weighted by atomic mass is 16.7. The second kappa shape index (κ2) is 2.60. The van der Waals surface area contributed by atoms with Gasteiger partial charge >= 0.3 is 7.12 Å². The Labute approximate surface area is 71.4 Å². The van der Waals surface area contributed by atoms with E-state index in [0.717, 1.165) is 5.46 Å². The summed E-state index contributed by atoms with van der Waals surface area (Å²) in [4.78, 5) is 0. The van der Waals surface area contributed by atoms with E-state index in [4.69, 9.17) is 9.31 Å². The van der Waals surface area contributed by atoms with Gasteiger partial charge in [0, 0.05) is 17.9 Å². The van der Waals surface area contributed by atoms with Crippen LogP contribution in [0.15, 0.2) is 12.4 Å². The third kappa shape index (κ3) is 1.37. The van der Waals surface area contributed by atoms with Gasteiger partial charge in [0.05, 0.1) is 12.2 Å². The fourth-order valence-corrected chi connectivity index (χ4v) is 1.19. The first-order chi connectivity index (χ1) is 5.67. The molecule has 1 aliphatic rings. The van der Waals surface area contributed by atoms with Crippen molar-refractivity contribution in [3.05, 3.63) is 12.4 Å². The number of nitrogens with zero attached hydrogens (tertiary/aromatic N) is 1. The Hall–Kier alpha value is -0.805. The molecule has 0 spiro atoms. The number of hydrogen-bond donors (Lipinski definition) is 1. The van der Waals surface area contributed by atoms with Gasteiger partial charge in [-0.25, -0.2) is 0 Å². The lowest BCUT2D eigenvalue weighted by Gasteiger charge is -2.14. The summed E-state index contributed by atoms with van der Waals surface area (Å²) in [5.74, 6) is 0. The Morgan fingerprint density at radius 2 is 2.50 bits per heavy atom. The zero-order chi connectivity index (χ0) is 8.60. The van der Waals surface area contributed by atoms with Crippen molar-refractivity contribution in [2.24, 2.45) is 0 Å². The van der Waals surface area contributed by atoms with Gasteiger partial charge in [-0.1, -0.05) is 0 Å². The van der Waals surface area contributed by atoms with Gasteiger partial charge in [-0.3, -0.25) is 5.10 Å². The molecule has 0 unspecified atom stereocenters. The molecule has 0 bridgehead atoms. The minimum Gasteiger partial charge on any atom is -0.404 e. The quantitative estimate of drug-likeness (QED) is 0.594. The molecule has 0 amide bonds. The monoisotopic (exact) mass is 166 g/mol. The number of aromatic amines is 1. The third-order valence-electron chi connectivity index (χ3n) is 1.80. The Bertz CT molecular complexity index is 260. The third-order valence-corrected chi connectivity index (χ3v) is 1.80. The van der Waals surface area contributed by atoms with Crippen molar-refractivity contribution in [3.8, 4) is 0 Å². The van der Waals surface area contributed by atoms with Crippen LogP contribution in [0.3, 0.4) is 0 Å². The highest BCUT2D eigenvalue weighted by Crippen LogP contribution is 2.18. The first-order valence-corrected chi connectivity index (χ1v) is 3.95. The Kier molecular flexibility index (Phi) is 1.70. The lowest BCUT2D eigenvalue weighted by Crippen LogP contribution is -2.33. The second-order valence-corrected chi connectivity index (χ2v) is 3.55. The second-order valence-electron chi connectivity index (χ2n) is 3.55. The van der Waals surface area contributed by atoms with Crippen LogP contribution in [-0.4, -0.2) is 29.5 Å². The van der Waals surface area contributed by atoms with E-state index in [9.17, 15) is 0 Å². The highest BCUT2D eigenvalue weighted by molar-refractivity contribution is 6.61. The molecule has 4 nitrogen and oxygen atoms in total. The van der Waals surface area contributed by atoms with Crippen LogP contribution < -0.4 is 5.46 Å². The molecule has 5 heteroatoms. The predicted octanol–water partition coefficient (Wildman–Crippen LogP) is -0.0697. The van der Waals surface area contributed by atoms with Gasteiger partial charge in [0.2, 0.25) is 0 Å². The topological polar surface area (TPSA) is 47.1 Å². The van der Waals surface area contributed by atoms with Gasteiger partial charge in [0.15, 0.2) is 0 Å². The van der Waals surface area contributed by atoms with E-state index in [1.807, 2.05) is 13.8 Å². The van der Waals surface area contributed by atoms with Gasteiger partial charge in [0.1, 0.15) is 0 Å². The Balaban J connectivity index is 2.10. The fraction of sp³-hybridized carbons (Fsp3) is 0.571. The Morgan fingerprint density at radius 3 is 3.00 bits per heavy atom. The van der Waals surface area contributed by atoms with Crippen LogP contribution in [0, 0.1) is 0 Å². The molecule has 1 aromatic rings. The van der Waals surface area contributed by atoms with Gasteiger partial charge in [-0.15, -0.1) is 0 Å². The number of rotatable bonds is 1. The molecular formula is C7H11BN2O2. The smallest absolute Gasteiger partial charge is 0.404 e. The summed E-state index contributed by atoms with van der Waals surface area (Å²) >= 11 is 0. The van der Waals surface area contributed by atoms with Crippen LogP contribution in [0.25, 0.3) is 0 Å². The average molecular weight is 166 g/mol. The molecule has 0 aromatic carbocycles. The molecule has 0 atom stereocenters. The number of nitrogens with one attached hydrogen (secondary N) is 1. The molecule has 64 valence electrons. The van der Waals surface area contributed by atoms with E-state index in [-0.39, 0.29) is 12.7 Å². The summed E-state index contributed by atoms with van der Waals surface area (Å²) in [5, 5.41) is 6.55. The molecule has 2 heterocycles.